The Labute approximate surface area is 95.3 Å². The van der Waals surface area contributed by atoms with Gasteiger partial charge in [0.25, 0.3) is 11.6 Å². The lowest BCUT2D eigenvalue weighted by Crippen LogP contribution is -2.27. The zero-order chi connectivity index (χ0) is 12.8. The third-order valence-electron chi connectivity index (χ3n) is 2.91. The summed E-state index contributed by atoms with van der Waals surface area (Å²) in [6.45, 7) is 0. The second kappa shape index (κ2) is 3.36. The van der Waals surface area contributed by atoms with E-state index in [0.29, 0.717) is 0 Å². The van der Waals surface area contributed by atoms with E-state index < -0.39 is 22.8 Å². The standard InChI is InChI=1S/C10H10F2N2O3/c1-17-8-4-6(14(15)16)2-3-7(8)9(13)5-10(9,11)12/h2-4H,5,13H2,1H3. The molecular formula is C10H10F2N2O3. The molecule has 0 bridgehead atoms. The van der Waals surface area contributed by atoms with Crippen LogP contribution in [-0.4, -0.2) is 18.0 Å². The van der Waals surface area contributed by atoms with Gasteiger partial charge in [-0.15, -0.1) is 0 Å². The molecule has 17 heavy (non-hydrogen) atoms. The van der Waals surface area contributed by atoms with Crippen molar-refractivity contribution in [3.8, 4) is 5.75 Å². The fourth-order valence-corrected chi connectivity index (χ4v) is 1.76. The van der Waals surface area contributed by atoms with Crippen molar-refractivity contribution in [2.45, 2.75) is 17.9 Å². The second-order valence-corrected chi connectivity index (χ2v) is 3.99. The smallest absolute Gasteiger partial charge is 0.273 e. The molecule has 1 aromatic rings. The molecule has 0 saturated heterocycles. The topological polar surface area (TPSA) is 78.4 Å². The van der Waals surface area contributed by atoms with Crippen LogP contribution in [0.15, 0.2) is 18.2 Å². The fourth-order valence-electron chi connectivity index (χ4n) is 1.76. The van der Waals surface area contributed by atoms with Crippen molar-refractivity contribution in [3.63, 3.8) is 0 Å². The molecule has 0 amide bonds. The zero-order valence-electron chi connectivity index (χ0n) is 8.94. The fraction of sp³-hybridized carbons (Fsp3) is 0.400. The van der Waals surface area contributed by atoms with Gasteiger partial charge < -0.3 is 10.5 Å². The van der Waals surface area contributed by atoms with Crippen LogP contribution in [0.1, 0.15) is 12.0 Å². The number of hydrogen-bond acceptors (Lipinski definition) is 4. The molecule has 1 fully saturated rings. The van der Waals surface area contributed by atoms with E-state index in [2.05, 4.69) is 0 Å². The van der Waals surface area contributed by atoms with E-state index in [1.165, 1.54) is 13.2 Å². The number of nitro benzene ring substituents is 1. The van der Waals surface area contributed by atoms with Gasteiger partial charge in [-0.25, -0.2) is 8.78 Å². The molecule has 1 aliphatic rings. The molecule has 1 atom stereocenters. The molecule has 0 aromatic heterocycles. The second-order valence-electron chi connectivity index (χ2n) is 3.99. The number of nitrogens with zero attached hydrogens (tertiary/aromatic N) is 1. The molecule has 1 unspecified atom stereocenters. The number of ether oxygens (including phenoxy) is 1. The first-order valence-electron chi connectivity index (χ1n) is 4.81. The van der Waals surface area contributed by atoms with Crippen LogP contribution in [0.4, 0.5) is 14.5 Å². The SMILES string of the molecule is COc1cc([N+](=O)[O-])ccc1C1(N)CC1(F)F. The van der Waals surface area contributed by atoms with Gasteiger partial charge in [0.05, 0.1) is 18.1 Å². The van der Waals surface area contributed by atoms with E-state index in [1.807, 2.05) is 0 Å². The number of benzene rings is 1. The van der Waals surface area contributed by atoms with Crippen molar-refractivity contribution in [1.29, 1.82) is 0 Å². The molecule has 1 aliphatic carbocycles. The first kappa shape index (κ1) is 11.7. The third-order valence-corrected chi connectivity index (χ3v) is 2.91. The van der Waals surface area contributed by atoms with Crippen LogP contribution in [0.5, 0.6) is 5.75 Å². The maximum Gasteiger partial charge on any atom is 0.273 e. The van der Waals surface area contributed by atoms with E-state index in [4.69, 9.17) is 10.5 Å². The van der Waals surface area contributed by atoms with Crippen LogP contribution in [-0.2, 0) is 5.54 Å². The normalized spacial score (nSPS) is 25.4. The van der Waals surface area contributed by atoms with Crippen molar-refractivity contribution >= 4 is 5.69 Å². The summed E-state index contributed by atoms with van der Waals surface area (Å²) in [5, 5.41) is 10.5. The van der Waals surface area contributed by atoms with Crippen LogP contribution in [0.2, 0.25) is 0 Å². The lowest BCUT2D eigenvalue weighted by molar-refractivity contribution is -0.384. The summed E-state index contributed by atoms with van der Waals surface area (Å²) in [6, 6.07) is 3.46. The van der Waals surface area contributed by atoms with Crippen molar-refractivity contribution in [2.75, 3.05) is 7.11 Å². The van der Waals surface area contributed by atoms with Crippen LogP contribution < -0.4 is 10.5 Å². The van der Waals surface area contributed by atoms with Crippen LogP contribution in [0.25, 0.3) is 0 Å². The van der Waals surface area contributed by atoms with E-state index in [0.717, 1.165) is 12.1 Å². The van der Waals surface area contributed by atoms with Gasteiger partial charge in [-0.05, 0) is 6.07 Å². The van der Waals surface area contributed by atoms with E-state index in [-0.39, 0.29) is 17.0 Å². The summed E-state index contributed by atoms with van der Waals surface area (Å²) >= 11 is 0. The first-order valence-corrected chi connectivity index (χ1v) is 4.81. The highest BCUT2D eigenvalue weighted by Gasteiger charge is 2.70. The summed E-state index contributed by atoms with van der Waals surface area (Å²) in [5.74, 6) is -2.98. The van der Waals surface area contributed by atoms with Gasteiger partial charge in [0, 0.05) is 18.1 Å². The van der Waals surface area contributed by atoms with Crippen LogP contribution >= 0.6 is 0 Å². The van der Waals surface area contributed by atoms with Gasteiger partial charge in [-0.1, -0.05) is 0 Å². The summed E-state index contributed by atoms with van der Waals surface area (Å²) in [6.07, 6.45) is -0.478. The zero-order valence-corrected chi connectivity index (χ0v) is 8.94. The molecular weight excluding hydrogens is 234 g/mol. The number of nitro groups is 1. The molecule has 92 valence electrons. The Hall–Kier alpha value is -1.76. The van der Waals surface area contributed by atoms with Gasteiger partial charge in [0.1, 0.15) is 11.3 Å². The molecule has 7 heteroatoms. The van der Waals surface area contributed by atoms with Crippen LogP contribution in [0.3, 0.4) is 0 Å². The molecule has 2 N–H and O–H groups in total. The Morgan fingerprint density at radius 3 is 2.53 bits per heavy atom. The van der Waals surface area contributed by atoms with Gasteiger partial charge in [0.15, 0.2) is 0 Å². The molecule has 5 nitrogen and oxygen atoms in total. The summed E-state index contributed by atoms with van der Waals surface area (Å²) in [5.41, 5.74) is 3.65. The van der Waals surface area contributed by atoms with Crippen molar-refractivity contribution in [2.24, 2.45) is 5.73 Å². The minimum absolute atomic E-state index is 0.0128. The highest BCUT2D eigenvalue weighted by atomic mass is 19.3. The van der Waals surface area contributed by atoms with Crippen molar-refractivity contribution < 1.29 is 18.4 Å². The van der Waals surface area contributed by atoms with Crippen molar-refractivity contribution in [3.05, 3.63) is 33.9 Å². The van der Waals surface area contributed by atoms with Gasteiger partial charge in [0.2, 0.25) is 0 Å². The Morgan fingerprint density at radius 2 is 2.12 bits per heavy atom. The number of methoxy groups -OCH3 is 1. The molecule has 0 aliphatic heterocycles. The molecule has 0 heterocycles. The molecule has 0 spiro atoms. The number of non-ortho nitro benzene ring substituents is 1. The number of nitrogens with two attached hydrogens (primary N) is 1. The monoisotopic (exact) mass is 244 g/mol. The lowest BCUT2D eigenvalue weighted by Gasteiger charge is -2.14. The summed E-state index contributed by atoms with van der Waals surface area (Å²) in [4.78, 5) is 9.92. The lowest BCUT2D eigenvalue weighted by atomic mass is 10.0. The quantitative estimate of drug-likeness (QED) is 0.649. The maximum atomic E-state index is 13.1. The summed E-state index contributed by atoms with van der Waals surface area (Å²) in [7, 11) is 1.26. The van der Waals surface area contributed by atoms with Crippen molar-refractivity contribution in [1.82, 2.24) is 0 Å². The highest BCUT2D eigenvalue weighted by Crippen LogP contribution is 2.59. The van der Waals surface area contributed by atoms with E-state index >= 15 is 0 Å². The Morgan fingerprint density at radius 1 is 1.53 bits per heavy atom. The predicted molar refractivity (Wildman–Crippen MR) is 55.1 cm³/mol. The Kier molecular flexibility index (Phi) is 2.32. The third kappa shape index (κ3) is 1.62. The average Bonchev–Trinajstić information content (AvgIpc) is 2.78. The predicted octanol–water partition coefficient (Wildman–Crippen LogP) is 1.80. The molecule has 1 saturated carbocycles. The van der Waals surface area contributed by atoms with Crippen LogP contribution in [0, 0.1) is 10.1 Å². The first-order chi connectivity index (χ1) is 7.82. The Bertz CT molecular complexity index is 492. The average molecular weight is 244 g/mol. The van der Waals surface area contributed by atoms with Gasteiger partial charge >= 0.3 is 0 Å². The van der Waals surface area contributed by atoms with Gasteiger partial charge in [-0.2, -0.15) is 0 Å². The largest absolute Gasteiger partial charge is 0.496 e. The maximum absolute atomic E-state index is 13.1. The van der Waals surface area contributed by atoms with Gasteiger partial charge in [-0.3, -0.25) is 10.1 Å². The number of alkyl halides is 2. The Balaban J connectivity index is 2.47. The minimum Gasteiger partial charge on any atom is -0.496 e. The number of hydrogen-bond donors (Lipinski definition) is 1. The number of halogens is 2. The summed E-state index contributed by atoms with van der Waals surface area (Å²) < 4.78 is 31.1. The number of rotatable bonds is 3. The van der Waals surface area contributed by atoms with E-state index in [9.17, 15) is 18.9 Å². The highest BCUT2D eigenvalue weighted by molar-refractivity contribution is 5.51. The molecule has 0 radical (unpaired) electrons. The van der Waals surface area contributed by atoms with E-state index in [1.54, 1.807) is 0 Å². The molecule has 1 aromatic carbocycles. The molecule has 2 rings (SSSR count). The minimum atomic E-state index is -2.99.